The molecule has 3 aromatic rings. The molecule has 0 radical (unpaired) electrons. The van der Waals surface area contributed by atoms with Gasteiger partial charge < -0.3 is 4.90 Å². The average molecular weight is 447 g/mol. The highest BCUT2D eigenvalue weighted by atomic mass is 32.2. The fourth-order valence-electron chi connectivity index (χ4n) is 4.70. The maximum atomic E-state index is 13.7. The van der Waals surface area contributed by atoms with E-state index in [4.69, 9.17) is 0 Å². The van der Waals surface area contributed by atoms with E-state index < -0.39 is 16.1 Å². The molecule has 5 nitrogen and oxygen atoms in total. The van der Waals surface area contributed by atoms with Gasteiger partial charge in [0.1, 0.15) is 6.04 Å². The minimum absolute atomic E-state index is 0.121. The second-order valence-electron chi connectivity index (χ2n) is 8.63. The molecule has 2 aliphatic heterocycles. The zero-order valence-corrected chi connectivity index (χ0v) is 18.9. The van der Waals surface area contributed by atoms with Gasteiger partial charge in [-0.2, -0.15) is 4.31 Å². The van der Waals surface area contributed by atoms with Crippen LogP contribution in [0.15, 0.2) is 77.7 Å². The standard InChI is InChI=1S/C26H26N2O3S/c1-19-10-12-24(13-11-19)32(30,31)28-18-23-9-5-3-7-21(23)16-25(28)26(29)27-15-14-20-6-2-4-8-22(20)17-27/h2-13,25H,14-18H2,1H3/t25-/m1/s1. The van der Waals surface area contributed by atoms with Crippen molar-refractivity contribution in [3.8, 4) is 0 Å². The Bertz CT molecular complexity index is 1270. The molecule has 0 saturated carbocycles. The molecule has 0 aliphatic carbocycles. The number of fused-ring (bicyclic) bond motifs is 2. The van der Waals surface area contributed by atoms with Gasteiger partial charge in [-0.25, -0.2) is 8.42 Å². The lowest BCUT2D eigenvalue weighted by Crippen LogP contribution is -2.54. The lowest BCUT2D eigenvalue weighted by atomic mass is 9.94. The third-order valence-corrected chi connectivity index (χ3v) is 8.43. The summed E-state index contributed by atoms with van der Waals surface area (Å²) >= 11 is 0. The fourth-order valence-corrected chi connectivity index (χ4v) is 6.26. The van der Waals surface area contributed by atoms with Crippen LogP contribution in [0.4, 0.5) is 0 Å². The molecule has 0 saturated heterocycles. The van der Waals surface area contributed by atoms with E-state index in [0.717, 1.165) is 28.7 Å². The van der Waals surface area contributed by atoms with Gasteiger partial charge in [0.05, 0.1) is 4.90 Å². The SMILES string of the molecule is Cc1ccc(S(=O)(=O)N2Cc3ccccc3C[C@@H]2C(=O)N2CCc3ccccc3C2)cc1. The van der Waals surface area contributed by atoms with Crippen LogP contribution in [0.5, 0.6) is 0 Å². The van der Waals surface area contributed by atoms with Gasteiger partial charge in [-0.3, -0.25) is 4.79 Å². The Labute approximate surface area is 189 Å². The second-order valence-corrected chi connectivity index (χ2v) is 10.5. The third-order valence-electron chi connectivity index (χ3n) is 6.56. The molecule has 5 rings (SSSR count). The van der Waals surface area contributed by atoms with E-state index in [1.807, 2.05) is 54.3 Å². The van der Waals surface area contributed by atoms with Gasteiger partial charge in [-0.05, 0) is 54.2 Å². The van der Waals surface area contributed by atoms with Gasteiger partial charge >= 0.3 is 0 Å². The van der Waals surface area contributed by atoms with Crippen molar-refractivity contribution >= 4 is 15.9 Å². The van der Waals surface area contributed by atoms with Gasteiger partial charge in [0, 0.05) is 19.6 Å². The molecule has 2 heterocycles. The minimum Gasteiger partial charge on any atom is -0.337 e. The van der Waals surface area contributed by atoms with E-state index in [1.165, 1.54) is 9.87 Å². The van der Waals surface area contributed by atoms with Crippen molar-refractivity contribution in [2.75, 3.05) is 6.54 Å². The van der Waals surface area contributed by atoms with Crippen LogP contribution in [0.3, 0.4) is 0 Å². The molecular weight excluding hydrogens is 420 g/mol. The molecule has 0 fully saturated rings. The van der Waals surface area contributed by atoms with Crippen molar-refractivity contribution in [1.82, 2.24) is 9.21 Å². The van der Waals surface area contributed by atoms with Crippen molar-refractivity contribution in [3.05, 3.63) is 101 Å². The highest BCUT2D eigenvalue weighted by Crippen LogP contribution is 2.31. The second kappa shape index (κ2) is 8.19. The Morgan fingerprint density at radius 2 is 1.41 bits per heavy atom. The van der Waals surface area contributed by atoms with Crippen LogP contribution in [0.25, 0.3) is 0 Å². The zero-order chi connectivity index (χ0) is 22.3. The number of rotatable bonds is 3. The third kappa shape index (κ3) is 3.74. The van der Waals surface area contributed by atoms with E-state index >= 15 is 0 Å². The number of carbonyl (C=O) groups is 1. The maximum absolute atomic E-state index is 13.7. The molecule has 1 atom stereocenters. The van der Waals surface area contributed by atoms with Gasteiger partial charge in [-0.1, -0.05) is 66.2 Å². The molecule has 164 valence electrons. The molecule has 0 bridgehead atoms. The summed E-state index contributed by atoms with van der Waals surface area (Å²) in [6.45, 7) is 3.25. The van der Waals surface area contributed by atoms with Crippen LogP contribution in [-0.4, -0.2) is 36.1 Å². The summed E-state index contributed by atoms with van der Waals surface area (Å²) in [5, 5.41) is 0. The van der Waals surface area contributed by atoms with Crippen molar-refractivity contribution in [1.29, 1.82) is 0 Å². The summed E-state index contributed by atoms with van der Waals surface area (Å²) in [5.41, 5.74) is 5.38. The van der Waals surface area contributed by atoms with Crippen LogP contribution in [0, 0.1) is 6.92 Å². The smallest absolute Gasteiger partial charge is 0.244 e. The van der Waals surface area contributed by atoms with E-state index in [9.17, 15) is 13.2 Å². The van der Waals surface area contributed by atoms with E-state index in [0.29, 0.717) is 19.5 Å². The first-order valence-electron chi connectivity index (χ1n) is 10.9. The average Bonchev–Trinajstić information content (AvgIpc) is 2.82. The molecule has 0 unspecified atom stereocenters. The molecule has 0 spiro atoms. The van der Waals surface area contributed by atoms with Crippen molar-refractivity contribution in [2.24, 2.45) is 0 Å². The predicted octanol–water partition coefficient (Wildman–Crippen LogP) is 3.70. The van der Waals surface area contributed by atoms with Gasteiger partial charge in [0.2, 0.25) is 15.9 Å². The number of nitrogens with zero attached hydrogens (tertiary/aromatic N) is 2. The Balaban J connectivity index is 1.51. The Kier molecular flexibility index (Phi) is 5.35. The maximum Gasteiger partial charge on any atom is 0.244 e. The largest absolute Gasteiger partial charge is 0.337 e. The first-order valence-corrected chi connectivity index (χ1v) is 12.4. The van der Waals surface area contributed by atoms with Crippen LogP contribution in [0.1, 0.15) is 27.8 Å². The van der Waals surface area contributed by atoms with E-state index in [-0.39, 0.29) is 17.3 Å². The van der Waals surface area contributed by atoms with E-state index in [2.05, 4.69) is 6.07 Å². The summed E-state index contributed by atoms with van der Waals surface area (Å²) in [5.74, 6) is -0.121. The summed E-state index contributed by atoms with van der Waals surface area (Å²) in [4.78, 5) is 15.8. The van der Waals surface area contributed by atoms with Crippen LogP contribution >= 0.6 is 0 Å². The number of amides is 1. The molecular formula is C26H26N2O3S. The zero-order valence-electron chi connectivity index (χ0n) is 18.1. The molecule has 3 aromatic carbocycles. The summed E-state index contributed by atoms with van der Waals surface area (Å²) in [6.07, 6.45) is 1.17. The molecule has 1 amide bonds. The number of carbonyl (C=O) groups excluding carboxylic acids is 1. The van der Waals surface area contributed by atoms with Crippen molar-refractivity contribution in [2.45, 2.75) is 43.8 Å². The predicted molar refractivity (Wildman–Crippen MR) is 123 cm³/mol. The monoisotopic (exact) mass is 446 g/mol. The van der Waals surface area contributed by atoms with Crippen molar-refractivity contribution in [3.63, 3.8) is 0 Å². The number of benzene rings is 3. The van der Waals surface area contributed by atoms with Gasteiger partial charge in [0.25, 0.3) is 0 Å². The topological polar surface area (TPSA) is 57.7 Å². The van der Waals surface area contributed by atoms with E-state index in [1.54, 1.807) is 24.3 Å². The number of sulfonamides is 1. The number of hydrogen-bond acceptors (Lipinski definition) is 3. The quantitative estimate of drug-likeness (QED) is 0.617. The highest BCUT2D eigenvalue weighted by molar-refractivity contribution is 7.89. The Morgan fingerprint density at radius 3 is 2.09 bits per heavy atom. The molecule has 0 aromatic heterocycles. The van der Waals surface area contributed by atoms with Crippen molar-refractivity contribution < 1.29 is 13.2 Å². The van der Waals surface area contributed by atoms with Crippen LogP contribution in [0.2, 0.25) is 0 Å². The Morgan fingerprint density at radius 1 is 0.812 bits per heavy atom. The van der Waals surface area contributed by atoms with Gasteiger partial charge in [-0.15, -0.1) is 0 Å². The summed E-state index contributed by atoms with van der Waals surface area (Å²) in [6, 6.07) is 22.1. The molecule has 2 aliphatic rings. The molecule has 32 heavy (non-hydrogen) atoms. The highest BCUT2D eigenvalue weighted by Gasteiger charge is 2.41. The van der Waals surface area contributed by atoms with Crippen LogP contribution < -0.4 is 0 Å². The first-order chi connectivity index (χ1) is 15.4. The summed E-state index contributed by atoms with van der Waals surface area (Å²) < 4.78 is 28.7. The molecule has 0 N–H and O–H groups in total. The normalized spacial score (nSPS) is 18.7. The minimum atomic E-state index is -3.83. The Hall–Kier alpha value is -2.96. The number of hydrogen-bond donors (Lipinski definition) is 0. The number of aryl methyl sites for hydroxylation is 1. The lowest BCUT2D eigenvalue weighted by molar-refractivity contribution is -0.136. The fraction of sp³-hybridized carbons (Fsp3) is 0.269. The lowest BCUT2D eigenvalue weighted by Gasteiger charge is -2.39. The summed E-state index contributed by atoms with van der Waals surface area (Å²) in [7, 11) is -3.83. The van der Waals surface area contributed by atoms with Gasteiger partial charge in [0.15, 0.2) is 0 Å². The first kappa shape index (κ1) is 20.9. The van der Waals surface area contributed by atoms with Crippen LogP contribution in [-0.2, 0) is 40.7 Å². The molecule has 6 heteroatoms.